The summed E-state index contributed by atoms with van der Waals surface area (Å²) in [7, 11) is 1.46. The Hall–Kier alpha value is -1.10. The molecule has 0 aromatic heterocycles. The van der Waals surface area contributed by atoms with E-state index < -0.39 is 12.0 Å². The summed E-state index contributed by atoms with van der Waals surface area (Å²) in [6.45, 7) is 4.19. The third-order valence-electron chi connectivity index (χ3n) is 2.14. The maximum Gasteiger partial charge on any atom is 0.251 e. The minimum atomic E-state index is -0.527. The van der Waals surface area contributed by atoms with Gasteiger partial charge in [0.1, 0.15) is 6.10 Å². The van der Waals surface area contributed by atoms with Crippen LogP contribution < -0.4 is 5.73 Å². The predicted molar refractivity (Wildman–Crippen MR) is 57.2 cm³/mol. The number of methoxy groups -OCH3 is 1. The molecule has 5 nitrogen and oxygen atoms in total. The number of unbranched alkanes of at least 4 members (excludes halogenated alkanes) is 1. The molecular weight excluding hydrogens is 196 g/mol. The van der Waals surface area contributed by atoms with Crippen molar-refractivity contribution in [3.8, 4) is 0 Å². The zero-order valence-electron chi connectivity index (χ0n) is 9.66. The van der Waals surface area contributed by atoms with E-state index in [1.165, 1.54) is 12.0 Å². The Balaban J connectivity index is 4.32. The molecule has 2 amide bonds. The van der Waals surface area contributed by atoms with Crippen molar-refractivity contribution in [2.45, 2.75) is 32.8 Å². The van der Waals surface area contributed by atoms with Gasteiger partial charge in [-0.3, -0.25) is 9.59 Å². The number of hydrogen-bond donors (Lipinski definition) is 1. The Morgan fingerprint density at radius 2 is 2.07 bits per heavy atom. The zero-order valence-corrected chi connectivity index (χ0v) is 9.66. The molecule has 0 aliphatic rings. The average Bonchev–Trinajstić information content (AvgIpc) is 2.21. The predicted octanol–water partition coefficient (Wildman–Crippen LogP) is 0.135. The van der Waals surface area contributed by atoms with Gasteiger partial charge in [-0.15, -0.1) is 0 Å². The fourth-order valence-electron chi connectivity index (χ4n) is 1.16. The van der Waals surface area contributed by atoms with E-state index in [1.807, 2.05) is 6.92 Å². The molecule has 15 heavy (non-hydrogen) atoms. The van der Waals surface area contributed by atoms with Gasteiger partial charge < -0.3 is 15.4 Å². The van der Waals surface area contributed by atoms with E-state index >= 15 is 0 Å². The molecule has 88 valence electrons. The lowest BCUT2D eigenvalue weighted by atomic mass is 10.2. The van der Waals surface area contributed by atoms with E-state index in [-0.39, 0.29) is 12.5 Å². The summed E-state index contributed by atoms with van der Waals surface area (Å²) < 4.78 is 4.91. The molecule has 0 saturated heterocycles. The van der Waals surface area contributed by atoms with Crippen LogP contribution in [-0.4, -0.2) is 43.0 Å². The van der Waals surface area contributed by atoms with Crippen molar-refractivity contribution in [3.63, 3.8) is 0 Å². The van der Waals surface area contributed by atoms with Crippen molar-refractivity contribution in [1.29, 1.82) is 0 Å². The van der Waals surface area contributed by atoms with Gasteiger partial charge >= 0.3 is 0 Å². The summed E-state index contributed by atoms with van der Waals surface area (Å²) in [6.07, 6.45) is 1.29. The molecular formula is C10H20N2O3. The number of carbonyl (C=O) groups is 2. The molecule has 2 N–H and O–H groups in total. The highest BCUT2D eigenvalue weighted by Gasteiger charge is 2.20. The van der Waals surface area contributed by atoms with Gasteiger partial charge in [-0.25, -0.2) is 0 Å². The third kappa shape index (κ3) is 5.37. The summed E-state index contributed by atoms with van der Waals surface area (Å²) >= 11 is 0. The molecule has 0 aliphatic heterocycles. The van der Waals surface area contributed by atoms with Gasteiger partial charge in [0.25, 0.3) is 5.91 Å². The SMILES string of the molecule is CCCCN(CC(N)=O)C(=O)C(C)OC. The first-order chi connectivity index (χ1) is 7.02. The maximum atomic E-state index is 11.7. The van der Waals surface area contributed by atoms with Gasteiger partial charge in [0.15, 0.2) is 0 Å². The third-order valence-corrected chi connectivity index (χ3v) is 2.14. The second-order valence-corrected chi connectivity index (χ2v) is 3.46. The molecule has 0 saturated carbocycles. The van der Waals surface area contributed by atoms with E-state index in [4.69, 9.17) is 10.5 Å². The molecule has 1 unspecified atom stereocenters. The normalized spacial score (nSPS) is 12.2. The number of carbonyl (C=O) groups excluding carboxylic acids is 2. The average molecular weight is 216 g/mol. The van der Waals surface area contributed by atoms with Crippen LogP contribution in [0.4, 0.5) is 0 Å². The Morgan fingerprint density at radius 3 is 2.47 bits per heavy atom. The molecule has 0 aliphatic carbocycles. The molecule has 0 spiro atoms. The van der Waals surface area contributed by atoms with Gasteiger partial charge in [0.05, 0.1) is 6.54 Å². The Kier molecular flexibility index (Phi) is 6.70. The van der Waals surface area contributed by atoms with Crippen molar-refractivity contribution in [3.05, 3.63) is 0 Å². The summed E-state index contributed by atoms with van der Waals surface area (Å²) in [4.78, 5) is 23.9. The van der Waals surface area contributed by atoms with Crippen LogP contribution in [0.15, 0.2) is 0 Å². The molecule has 0 radical (unpaired) electrons. The molecule has 5 heteroatoms. The second-order valence-electron chi connectivity index (χ2n) is 3.46. The number of amides is 2. The fourth-order valence-corrected chi connectivity index (χ4v) is 1.16. The lowest BCUT2D eigenvalue weighted by Crippen LogP contribution is -2.43. The Bertz CT molecular complexity index is 219. The lowest BCUT2D eigenvalue weighted by Gasteiger charge is -2.23. The Morgan fingerprint density at radius 1 is 1.47 bits per heavy atom. The highest BCUT2D eigenvalue weighted by Crippen LogP contribution is 2.01. The lowest BCUT2D eigenvalue weighted by molar-refractivity contribution is -0.143. The molecule has 0 aromatic rings. The minimum absolute atomic E-state index is 0.0352. The number of rotatable bonds is 7. The largest absolute Gasteiger partial charge is 0.372 e. The van der Waals surface area contributed by atoms with Crippen LogP contribution in [-0.2, 0) is 14.3 Å². The summed E-state index contributed by atoms with van der Waals surface area (Å²) in [6, 6.07) is 0. The van der Waals surface area contributed by atoms with Gasteiger partial charge in [-0.1, -0.05) is 13.3 Å². The molecule has 0 aromatic carbocycles. The van der Waals surface area contributed by atoms with Crippen LogP contribution in [0, 0.1) is 0 Å². The molecule has 0 bridgehead atoms. The quantitative estimate of drug-likeness (QED) is 0.657. The first-order valence-corrected chi connectivity index (χ1v) is 5.12. The standard InChI is InChI=1S/C10H20N2O3/c1-4-5-6-12(7-9(11)13)10(14)8(2)15-3/h8H,4-7H2,1-3H3,(H2,11,13). The molecule has 1 atom stereocenters. The number of primary amides is 1. The topological polar surface area (TPSA) is 72.6 Å². The minimum Gasteiger partial charge on any atom is -0.372 e. The maximum absolute atomic E-state index is 11.7. The van der Waals surface area contributed by atoms with Crippen molar-refractivity contribution < 1.29 is 14.3 Å². The van der Waals surface area contributed by atoms with E-state index in [1.54, 1.807) is 6.92 Å². The van der Waals surface area contributed by atoms with Gasteiger partial charge in [0.2, 0.25) is 5.91 Å². The van der Waals surface area contributed by atoms with Crippen molar-refractivity contribution in [2.24, 2.45) is 5.73 Å². The van der Waals surface area contributed by atoms with Gasteiger partial charge in [-0.05, 0) is 13.3 Å². The van der Waals surface area contributed by atoms with Gasteiger partial charge in [0, 0.05) is 13.7 Å². The van der Waals surface area contributed by atoms with Crippen molar-refractivity contribution >= 4 is 11.8 Å². The highest BCUT2D eigenvalue weighted by atomic mass is 16.5. The fraction of sp³-hybridized carbons (Fsp3) is 0.800. The van der Waals surface area contributed by atoms with E-state index in [0.29, 0.717) is 6.54 Å². The van der Waals surface area contributed by atoms with Crippen LogP contribution in [0.3, 0.4) is 0 Å². The summed E-state index contributed by atoms with van der Waals surface area (Å²) in [5.74, 6) is -0.687. The number of ether oxygens (including phenoxy) is 1. The second kappa shape index (κ2) is 7.23. The highest BCUT2D eigenvalue weighted by molar-refractivity contribution is 5.86. The van der Waals surface area contributed by atoms with Crippen LogP contribution in [0.1, 0.15) is 26.7 Å². The monoisotopic (exact) mass is 216 g/mol. The zero-order chi connectivity index (χ0) is 11.8. The number of hydrogen-bond acceptors (Lipinski definition) is 3. The van der Waals surface area contributed by atoms with E-state index in [9.17, 15) is 9.59 Å². The van der Waals surface area contributed by atoms with Crippen LogP contribution in [0.5, 0.6) is 0 Å². The van der Waals surface area contributed by atoms with E-state index in [0.717, 1.165) is 12.8 Å². The first kappa shape index (κ1) is 13.9. The summed E-state index contributed by atoms with van der Waals surface area (Å²) in [5, 5.41) is 0. The van der Waals surface area contributed by atoms with Crippen LogP contribution >= 0.6 is 0 Å². The van der Waals surface area contributed by atoms with Gasteiger partial charge in [-0.2, -0.15) is 0 Å². The Labute approximate surface area is 90.6 Å². The van der Waals surface area contributed by atoms with Crippen molar-refractivity contribution in [2.75, 3.05) is 20.2 Å². The van der Waals surface area contributed by atoms with Crippen LogP contribution in [0.25, 0.3) is 0 Å². The molecule has 0 heterocycles. The van der Waals surface area contributed by atoms with Crippen LogP contribution in [0.2, 0.25) is 0 Å². The van der Waals surface area contributed by atoms with E-state index in [2.05, 4.69) is 0 Å². The first-order valence-electron chi connectivity index (χ1n) is 5.12. The van der Waals surface area contributed by atoms with Crippen molar-refractivity contribution in [1.82, 2.24) is 4.90 Å². The number of nitrogens with zero attached hydrogens (tertiary/aromatic N) is 1. The number of nitrogens with two attached hydrogens (primary N) is 1. The summed E-state index contributed by atoms with van der Waals surface area (Å²) in [5.41, 5.74) is 5.07. The molecule has 0 rings (SSSR count). The smallest absolute Gasteiger partial charge is 0.251 e. The molecule has 0 fully saturated rings.